The Bertz CT molecular complexity index is 1110. The molecule has 8 heteroatoms. The van der Waals surface area contributed by atoms with Gasteiger partial charge in [0.1, 0.15) is 6.23 Å². The average molecular weight is 425 g/mol. The fraction of sp³-hybridized carbons (Fsp3) is 0.478. The van der Waals surface area contributed by atoms with E-state index in [1.165, 1.54) is 14.0 Å². The molecule has 2 aromatic rings. The van der Waals surface area contributed by atoms with Crippen molar-refractivity contribution in [3.8, 4) is 0 Å². The number of hydrogen-bond acceptors (Lipinski definition) is 5. The minimum absolute atomic E-state index is 0.0893. The predicted octanol–water partition coefficient (Wildman–Crippen LogP) is 2.34. The first kappa shape index (κ1) is 21.2. The average Bonchev–Trinajstić information content (AvgIpc) is 3.25. The number of amides is 2. The molecular formula is C23H27N3O5. The Labute approximate surface area is 180 Å². The molecule has 1 saturated heterocycles. The molecular weight excluding hydrogens is 398 g/mol. The number of carbonyl (C=O) groups is 2. The van der Waals surface area contributed by atoms with Crippen LogP contribution in [0.15, 0.2) is 40.1 Å². The summed E-state index contributed by atoms with van der Waals surface area (Å²) in [6.07, 6.45) is 3.15. The summed E-state index contributed by atoms with van der Waals surface area (Å²) in [4.78, 5) is 51.9. The van der Waals surface area contributed by atoms with Gasteiger partial charge in [-0.2, -0.15) is 0 Å². The Morgan fingerprint density at radius 1 is 1.03 bits per heavy atom. The van der Waals surface area contributed by atoms with E-state index in [1.54, 1.807) is 37.4 Å². The number of nitrogens with zero attached hydrogens (tertiary/aromatic N) is 3. The van der Waals surface area contributed by atoms with E-state index in [1.807, 2.05) is 0 Å². The highest BCUT2D eigenvalue weighted by Crippen LogP contribution is 2.33. The number of ether oxygens (including phenoxy) is 1. The summed E-state index contributed by atoms with van der Waals surface area (Å²) in [5.74, 6) is -0.349. The zero-order valence-corrected chi connectivity index (χ0v) is 18.0. The molecule has 0 spiro atoms. The van der Waals surface area contributed by atoms with Crippen LogP contribution in [0.3, 0.4) is 0 Å². The van der Waals surface area contributed by atoms with Crippen molar-refractivity contribution >= 4 is 11.8 Å². The summed E-state index contributed by atoms with van der Waals surface area (Å²) in [6, 6.07) is 6.70. The molecule has 2 amide bonds. The van der Waals surface area contributed by atoms with E-state index in [2.05, 4.69) is 13.8 Å². The lowest BCUT2D eigenvalue weighted by Crippen LogP contribution is -2.43. The zero-order valence-electron chi connectivity index (χ0n) is 18.0. The first-order valence-corrected chi connectivity index (χ1v) is 10.8. The summed E-state index contributed by atoms with van der Waals surface area (Å²) in [6.45, 7) is 6.09. The molecule has 31 heavy (non-hydrogen) atoms. The Hall–Kier alpha value is -3.00. The highest BCUT2D eigenvalue weighted by atomic mass is 16.5. The number of rotatable bonds is 6. The standard InChI is InChI=1S/C23H27N3O5/c1-4-18-14(2)12-19(31-18)26-13-15(3)20(27)25(23(26)30)11-7-10-24-21(28)16-8-5-6-9-17(16)22(24)29/h5-6,8-9,13-14,18-19H,4,7,10-12H2,1-3H3/t14-,18+,19+/m0/s1. The van der Waals surface area contributed by atoms with Gasteiger partial charge in [-0.1, -0.05) is 26.0 Å². The minimum Gasteiger partial charge on any atom is -0.354 e. The van der Waals surface area contributed by atoms with Crippen molar-refractivity contribution in [1.82, 2.24) is 14.0 Å². The van der Waals surface area contributed by atoms with Gasteiger partial charge in [0.05, 0.1) is 17.2 Å². The first-order valence-electron chi connectivity index (χ1n) is 10.8. The van der Waals surface area contributed by atoms with Crippen molar-refractivity contribution in [3.05, 3.63) is 68.0 Å². The summed E-state index contributed by atoms with van der Waals surface area (Å²) in [5, 5.41) is 0. The third-order valence-corrected chi connectivity index (χ3v) is 6.26. The van der Waals surface area contributed by atoms with Gasteiger partial charge in [0, 0.05) is 24.8 Å². The first-order chi connectivity index (χ1) is 14.8. The maximum Gasteiger partial charge on any atom is 0.333 e. The fourth-order valence-corrected chi connectivity index (χ4v) is 4.53. The van der Waals surface area contributed by atoms with E-state index in [4.69, 9.17) is 4.74 Å². The number of aromatic nitrogens is 2. The van der Waals surface area contributed by atoms with Crippen LogP contribution in [-0.4, -0.2) is 38.5 Å². The molecule has 3 atom stereocenters. The van der Waals surface area contributed by atoms with E-state index < -0.39 is 11.9 Å². The van der Waals surface area contributed by atoms with Gasteiger partial charge in [-0.05, 0) is 44.2 Å². The van der Waals surface area contributed by atoms with Crippen LogP contribution in [0.2, 0.25) is 0 Å². The number of imide groups is 1. The van der Waals surface area contributed by atoms with E-state index in [-0.39, 0.29) is 36.6 Å². The van der Waals surface area contributed by atoms with Crippen LogP contribution in [0.25, 0.3) is 0 Å². The summed E-state index contributed by atoms with van der Waals surface area (Å²) < 4.78 is 8.73. The number of fused-ring (bicyclic) bond motifs is 1. The van der Waals surface area contributed by atoms with Crippen LogP contribution in [0.5, 0.6) is 0 Å². The number of aryl methyl sites for hydroxylation is 1. The molecule has 8 nitrogen and oxygen atoms in total. The predicted molar refractivity (Wildman–Crippen MR) is 114 cm³/mol. The Morgan fingerprint density at radius 2 is 1.68 bits per heavy atom. The van der Waals surface area contributed by atoms with Crippen molar-refractivity contribution in [2.75, 3.05) is 6.54 Å². The number of benzene rings is 1. The molecule has 0 saturated carbocycles. The van der Waals surface area contributed by atoms with Gasteiger partial charge in [-0.25, -0.2) is 4.79 Å². The second-order valence-electron chi connectivity index (χ2n) is 8.37. The monoisotopic (exact) mass is 425 g/mol. The lowest BCUT2D eigenvalue weighted by molar-refractivity contribution is -0.00846. The maximum absolute atomic E-state index is 13.1. The highest BCUT2D eigenvalue weighted by molar-refractivity contribution is 6.21. The van der Waals surface area contributed by atoms with Crippen LogP contribution >= 0.6 is 0 Å². The molecule has 0 N–H and O–H groups in total. The highest BCUT2D eigenvalue weighted by Gasteiger charge is 2.35. The third-order valence-electron chi connectivity index (χ3n) is 6.26. The largest absolute Gasteiger partial charge is 0.354 e. The summed E-state index contributed by atoms with van der Waals surface area (Å²) in [5.41, 5.74) is 0.450. The Balaban J connectivity index is 1.51. The van der Waals surface area contributed by atoms with Gasteiger partial charge >= 0.3 is 5.69 Å². The second kappa shape index (κ2) is 8.26. The topological polar surface area (TPSA) is 90.6 Å². The summed E-state index contributed by atoms with van der Waals surface area (Å²) in [7, 11) is 0. The van der Waals surface area contributed by atoms with Gasteiger partial charge in [0.15, 0.2) is 0 Å². The third kappa shape index (κ3) is 3.65. The fourth-order valence-electron chi connectivity index (χ4n) is 4.53. The van der Waals surface area contributed by atoms with Crippen molar-refractivity contribution < 1.29 is 14.3 Å². The van der Waals surface area contributed by atoms with E-state index in [0.29, 0.717) is 35.4 Å². The Kier molecular flexibility index (Phi) is 5.66. The molecule has 0 bridgehead atoms. The molecule has 2 aliphatic heterocycles. The lowest BCUT2D eigenvalue weighted by atomic mass is 10.0. The van der Waals surface area contributed by atoms with Crippen molar-refractivity contribution in [2.45, 2.75) is 58.9 Å². The molecule has 2 aliphatic rings. The van der Waals surface area contributed by atoms with Gasteiger partial charge in [-0.15, -0.1) is 0 Å². The normalized spacial score (nSPS) is 22.9. The smallest absolute Gasteiger partial charge is 0.333 e. The lowest BCUT2D eigenvalue weighted by Gasteiger charge is -2.18. The zero-order chi connectivity index (χ0) is 22.3. The van der Waals surface area contributed by atoms with Crippen LogP contribution in [0.1, 0.15) is 65.6 Å². The quantitative estimate of drug-likeness (QED) is 0.663. The van der Waals surface area contributed by atoms with E-state index >= 15 is 0 Å². The maximum atomic E-state index is 13.1. The van der Waals surface area contributed by atoms with Crippen molar-refractivity contribution in [1.29, 1.82) is 0 Å². The van der Waals surface area contributed by atoms with Crippen molar-refractivity contribution in [2.24, 2.45) is 5.92 Å². The van der Waals surface area contributed by atoms with Gasteiger partial charge in [-0.3, -0.25) is 28.4 Å². The molecule has 1 aromatic carbocycles. The second-order valence-corrected chi connectivity index (χ2v) is 8.37. The van der Waals surface area contributed by atoms with Crippen LogP contribution in [0.4, 0.5) is 0 Å². The number of hydrogen-bond donors (Lipinski definition) is 0. The molecule has 1 fully saturated rings. The van der Waals surface area contributed by atoms with Gasteiger partial charge in [0.25, 0.3) is 17.4 Å². The molecule has 0 unspecified atom stereocenters. The molecule has 0 radical (unpaired) electrons. The SMILES string of the molecule is CC[C@H]1O[C@@H](n2cc(C)c(=O)n(CCCN3C(=O)c4ccccc4C3=O)c2=O)C[C@@H]1C. The molecule has 164 valence electrons. The van der Waals surface area contributed by atoms with E-state index in [9.17, 15) is 19.2 Å². The molecule has 3 heterocycles. The van der Waals surface area contributed by atoms with Crippen LogP contribution < -0.4 is 11.2 Å². The van der Waals surface area contributed by atoms with Crippen LogP contribution in [0, 0.1) is 12.8 Å². The van der Waals surface area contributed by atoms with Crippen molar-refractivity contribution in [3.63, 3.8) is 0 Å². The minimum atomic E-state index is -0.424. The molecule has 4 rings (SSSR count). The number of carbonyl (C=O) groups excluding carboxylic acids is 2. The summed E-state index contributed by atoms with van der Waals surface area (Å²) >= 11 is 0. The van der Waals surface area contributed by atoms with Crippen LogP contribution in [-0.2, 0) is 11.3 Å². The van der Waals surface area contributed by atoms with Gasteiger partial charge < -0.3 is 4.74 Å². The van der Waals surface area contributed by atoms with E-state index in [0.717, 1.165) is 6.42 Å². The Morgan fingerprint density at radius 3 is 2.26 bits per heavy atom. The molecule has 0 aliphatic carbocycles. The van der Waals surface area contributed by atoms with Gasteiger partial charge in [0.2, 0.25) is 0 Å². The molecule has 1 aromatic heterocycles.